The number of hydrogen-bond acceptors (Lipinski definition) is 3. The molecule has 0 unspecified atom stereocenters. The molecule has 126 valence electrons. The van der Waals surface area contributed by atoms with Crippen molar-refractivity contribution in [2.75, 3.05) is 5.32 Å². The molecule has 2 aromatic rings. The number of aryl methyl sites for hydroxylation is 1. The lowest BCUT2D eigenvalue weighted by molar-refractivity contribution is 0.0634. The van der Waals surface area contributed by atoms with Crippen LogP contribution in [0.5, 0.6) is 0 Å². The average molecular weight is 327 g/mol. The van der Waals surface area contributed by atoms with Crippen molar-refractivity contribution in [2.24, 2.45) is 0 Å². The van der Waals surface area contributed by atoms with E-state index in [2.05, 4.69) is 5.32 Å². The molecular weight excluding hydrogens is 306 g/mol. The van der Waals surface area contributed by atoms with Gasteiger partial charge in [-0.2, -0.15) is 0 Å². The Morgan fingerprint density at radius 3 is 2.21 bits per heavy atom. The molecule has 0 spiro atoms. The lowest BCUT2D eigenvalue weighted by Crippen LogP contribution is -2.27. The topological polar surface area (TPSA) is 75.6 Å². The number of ether oxygens (including phenoxy) is 1. The van der Waals surface area contributed by atoms with Crippen LogP contribution in [0.1, 0.15) is 36.7 Å². The summed E-state index contributed by atoms with van der Waals surface area (Å²) in [6, 6.07) is 12.3. The molecular formula is C19H21NO4. The number of carboxylic acids is 1. The van der Waals surface area contributed by atoms with Gasteiger partial charge in [0.15, 0.2) is 0 Å². The standard InChI is InChI=1S/C19H21NO4/c1-12-5-10-15(16(11-12)17(21)22)13-6-8-14(9-7-13)20-18(23)24-19(2,3)4/h5-11H,1-4H3,(H,20,23)(H,21,22). The van der Waals surface area contributed by atoms with Gasteiger partial charge in [0, 0.05) is 5.69 Å². The molecule has 0 aromatic heterocycles. The predicted octanol–water partition coefficient (Wildman–Crippen LogP) is 4.71. The van der Waals surface area contributed by atoms with Gasteiger partial charge in [-0.05, 0) is 57.0 Å². The summed E-state index contributed by atoms with van der Waals surface area (Å²) in [5, 5.41) is 12.0. The molecule has 2 N–H and O–H groups in total. The second-order valence-corrected chi connectivity index (χ2v) is 6.56. The number of rotatable bonds is 3. The normalized spacial score (nSPS) is 11.0. The van der Waals surface area contributed by atoms with E-state index in [1.54, 1.807) is 57.2 Å². The molecule has 24 heavy (non-hydrogen) atoms. The van der Waals surface area contributed by atoms with E-state index in [1.165, 1.54) is 0 Å². The van der Waals surface area contributed by atoms with Gasteiger partial charge in [-0.25, -0.2) is 9.59 Å². The van der Waals surface area contributed by atoms with Crippen LogP contribution in [-0.4, -0.2) is 22.8 Å². The van der Waals surface area contributed by atoms with Crippen LogP contribution in [0.4, 0.5) is 10.5 Å². The zero-order valence-electron chi connectivity index (χ0n) is 14.2. The first-order valence-electron chi connectivity index (χ1n) is 7.60. The maximum Gasteiger partial charge on any atom is 0.412 e. The second kappa shape index (κ2) is 6.74. The van der Waals surface area contributed by atoms with E-state index < -0.39 is 17.7 Å². The number of benzene rings is 2. The summed E-state index contributed by atoms with van der Waals surface area (Å²) in [6.07, 6.45) is -0.531. The van der Waals surface area contributed by atoms with E-state index in [9.17, 15) is 14.7 Å². The fourth-order valence-corrected chi connectivity index (χ4v) is 2.24. The molecule has 0 aliphatic heterocycles. The monoisotopic (exact) mass is 327 g/mol. The minimum absolute atomic E-state index is 0.253. The van der Waals surface area contributed by atoms with Crippen LogP contribution in [0, 0.1) is 6.92 Å². The third-order valence-electron chi connectivity index (χ3n) is 3.25. The van der Waals surface area contributed by atoms with Crippen molar-refractivity contribution in [3.63, 3.8) is 0 Å². The van der Waals surface area contributed by atoms with E-state index in [1.807, 2.05) is 13.0 Å². The van der Waals surface area contributed by atoms with Crippen molar-refractivity contribution >= 4 is 17.7 Å². The highest BCUT2D eigenvalue weighted by molar-refractivity contribution is 5.96. The van der Waals surface area contributed by atoms with Crippen LogP contribution in [0.3, 0.4) is 0 Å². The number of nitrogens with one attached hydrogen (secondary N) is 1. The maximum atomic E-state index is 11.8. The van der Waals surface area contributed by atoms with Crippen molar-refractivity contribution in [1.29, 1.82) is 0 Å². The Kier molecular flexibility index (Phi) is 4.93. The summed E-state index contributed by atoms with van der Waals surface area (Å²) in [5.41, 5.74) is 2.56. The quantitative estimate of drug-likeness (QED) is 0.856. The Morgan fingerprint density at radius 2 is 1.67 bits per heavy atom. The summed E-state index contributed by atoms with van der Waals surface area (Å²) < 4.78 is 5.19. The number of amides is 1. The zero-order valence-corrected chi connectivity index (χ0v) is 14.2. The van der Waals surface area contributed by atoms with Crippen LogP contribution in [-0.2, 0) is 4.74 Å². The van der Waals surface area contributed by atoms with Crippen molar-refractivity contribution in [2.45, 2.75) is 33.3 Å². The Bertz CT molecular complexity index is 758. The number of anilines is 1. The van der Waals surface area contributed by atoms with Crippen LogP contribution in [0.2, 0.25) is 0 Å². The van der Waals surface area contributed by atoms with Gasteiger partial charge in [0.1, 0.15) is 5.60 Å². The Morgan fingerprint density at radius 1 is 1.04 bits per heavy atom. The molecule has 0 saturated heterocycles. The van der Waals surface area contributed by atoms with Gasteiger partial charge < -0.3 is 9.84 Å². The first-order valence-corrected chi connectivity index (χ1v) is 7.60. The van der Waals surface area contributed by atoms with Crippen molar-refractivity contribution in [3.05, 3.63) is 53.6 Å². The molecule has 0 heterocycles. The molecule has 0 aliphatic carbocycles. The van der Waals surface area contributed by atoms with E-state index in [0.717, 1.165) is 11.1 Å². The molecule has 0 bridgehead atoms. The fourth-order valence-electron chi connectivity index (χ4n) is 2.24. The minimum Gasteiger partial charge on any atom is -0.478 e. The molecule has 0 saturated carbocycles. The summed E-state index contributed by atoms with van der Waals surface area (Å²) in [6.45, 7) is 7.23. The number of hydrogen-bond donors (Lipinski definition) is 2. The molecule has 0 atom stereocenters. The van der Waals surface area contributed by atoms with Gasteiger partial charge in [0.05, 0.1) is 5.56 Å². The SMILES string of the molecule is Cc1ccc(-c2ccc(NC(=O)OC(C)(C)C)cc2)c(C(=O)O)c1. The highest BCUT2D eigenvalue weighted by atomic mass is 16.6. The van der Waals surface area contributed by atoms with Crippen LogP contribution in [0.15, 0.2) is 42.5 Å². The Labute approximate surface area is 141 Å². The van der Waals surface area contributed by atoms with Gasteiger partial charge in [-0.3, -0.25) is 5.32 Å². The maximum absolute atomic E-state index is 11.8. The molecule has 2 rings (SSSR count). The van der Waals surface area contributed by atoms with E-state index in [-0.39, 0.29) is 5.56 Å². The summed E-state index contributed by atoms with van der Waals surface area (Å²) >= 11 is 0. The number of carbonyl (C=O) groups is 2. The summed E-state index contributed by atoms with van der Waals surface area (Å²) in [7, 11) is 0. The molecule has 0 fully saturated rings. The average Bonchev–Trinajstić information content (AvgIpc) is 2.46. The lowest BCUT2D eigenvalue weighted by Gasteiger charge is -2.19. The van der Waals surface area contributed by atoms with E-state index in [0.29, 0.717) is 11.3 Å². The molecule has 5 nitrogen and oxygen atoms in total. The van der Waals surface area contributed by atoms with E-state index in [4.69, 9.17) is 4.74 Å². The number of aromatic carboxylic acids is 1. The third-order valence-corrected chi connectivity index (χ3v) is 3.25. The van der Waals surface area contributed by atoms with E-state index >= 15 is 0 Å². The van der Waals surface area contributed by atoms with Gasteiger partial charge in [-0.1, -0.05) is 29.8 Å². The van der Waals surface area contributed by atoms with Crippen molar-refractivity contribution in [1.82, 2.24) is 0 Å². The Hall–Kier alpha value is -2.82. The fraction of sp³-hybridized carbons (Fsp3) is 0.263. The van der Waals surface area contributed by atoms with Crippen molar-refractivity contribution in [3.8, 4) is 11.1 Å². The molecule has 1 amide bonds. The Balaban J connectivity index is 2.21. The van der Waals surface area contributed by atoms with Gasteiger partial charge in [0.2, 0.25) is 0 Å². The van der Waals surface area contributed by atoms with Gasteiger partial charge in [-0.15, -0.1) is 0 Å². The summed E-state index contributed by atoms with van der Waals surface area (Å²) in [4.78, 5) is 23.2. The van der Waals surface area contributed by atoms with Crippen LogP contribution >= 0.6 is 0 Å². The first-order chi connectivity index (χ1) is 11.2. The first kappa shape index (κ1) is 17.5. The zero-order chi connectivity index (χ0) is 17.9. The highest BCUT2D eigenvalue weighted by Gasteiger charge is 2.16. The number of carbonyl (C=O) groups excluding carboxylic acids is 1. The lowest BCUT2D eigenvalue weighted by atomic mass is 9.97. The largest absolute Gasteiger partial charge is 0.478 e. The second-order valence-electron chi connectivity index (χ2n) is 6.56. The third kappa shape index (κ3) is 4.59. The smallest absolute Gasteiger partial charge is 0.412 e. The molecule has 0 radical (unpaired) electrons. The summed E-state index contributed by atoms with van der Waals surface area (Å²) in [5.74, 6) is -0.968. The highest BCUT2D eigenvalue weighted by Crippen LogP contribution is 2.26. The number of carboxylic acid groups (broad SMARTS) is 1. The molecule has 5 heteroatoms. The van der Waals surface area contributed by atoms with Gasteiger partial charge in [0.25, 0.3) is 0 Å². The molecule has 0 aliphatic rings. The van der Waals surface area contributed by atoms with Crippen molar-refractivity contribution < 1.29 is 19.4 Å². The minimum atomic E-state index is -0.968. The van der Waals surface area contributed by atoms with Crippen LogP contribution < -0.4 is 5.32 Å². The predicted molar refractivity (Wildman–Crippen MR) is 93.4 cm³/mol. The molecule has 2 aromatic carbocycles. The van der Waals surface area contributed by atoms with Gasteiger partial charge >= 0.3 is 12.1 Å². The van der Waals surface area contributed by atoms with Crippen LogP contribution in [0.25, 0.3) is 11.1 Å².